The van der Waals surface area contributed by atoms with E-state index in [0.717, 1.165) is 0 Å². The standard InChI is InChI=1S/C8H2Cl2F4O/c9-5-2-3(11)1-4(7(10)15)6(5)8(12,13)14/h1-2H. The van der Waals surface area contributed by atoms with Crippen LogP contribution in [-0.4, -0.2) is 5.24 Å². The van der Waals surface area contributed by atoms with Gasteiger partial charge in [0.2, 0.25) is 0 Å². The van der Waals surface area contributed by atoms with Crippen LogP contribution in [0.2, 0.25) is 5.02 Å². The van der Waals surface area contributed by atoms with E-state index < -0.39 is 33.4 Å². The summed E-state index contributed by atoms with van der Waals surface area (Å²) >= 11 is 10.1. The van der Waals surface area contributed by atoms with Crippen molar-refractivity contribution in [1.29, 1.82) is 0 Å². The van der Waals surface area contributed by atoms with Crippen molar-refractivity contribution in [3.63, 3.8) is 0 Å². The highest BCUT2D eigenvalue weighted by Gasteiger charge is 2.37. The summed E-state index contributed by atoms with van der Waals surface area (Å²) in [7, 11) is 0. The van der Waals surface area contributed by atoms with E-state index in [1.807, 2.05) is 0 Å². The number of benzene rings is 1. The Morgan fingerprint density at radius 1 is 1.27 bits per heavy atom. The van der Waals surface area contributed by atoms with Crippen LogP contribution in [0, 0.1) is 5.82 Å². The first-order valence-electron chi connectivity index (χ1n) is 3.49. The number of alkyl halides is 3. The van der Waals surface area contributed by atoms with Gasteiger partial charge in [-0.2, -0.15) is 13.2 Å². The summed E-state index contributed by atoms with van der Waals surface area (Å²) in [5.41, 5.74) is -2.42. The molecule has 0 N–H and O–H groups in total. The second kappa shape index (κ2) is 3.98. The fourth-order valence-corrected chi connectivity index (χ4v) is 1.48. The molecule has 15 heavy (non-hydrogen) atoms. The largest absolute Gasteiger partial charge is 0.418 e. The number of hydrogen-bond acceptors (Lipinski definition) is 1. The van der Waals surface area contributed by atoms with Gasteiger partial charge in [-0.25, -0.2) is 4.39 Å². The third-order valence-electron chi connectivity index (χ3n) is 1.55. The van der Waals surface area contributed by atoms with Crippen LogP contribution in [0.1, 0.15) is 15.9 Å². The van der Waals surface area contributed by atoms with Crippen LogP contribution < -0.4 is 0 Å². The Morgan fingerprint density at radius 2 is 1.80 bits per heavy atom. The topological polar surface area (TPSA) is 17.1 Å². The minimum Gasteiger partial charge on any atom is -0.276 e. The van der Waals surface area contributed by atoms with Crippen molar-refractivity contribution in [2.24, 2.45) is 0 Å². The normalized spacial score (nSPS) is 11.6. The van der Waals surface area contributed by atoms with Crippen LogP contribution in [0.5, 0.6) is 0 Å². The van der Waals surface area contributed by atoms with Crippen LogP contribution in [-0.2, 0) is 6.18 Å². The Kier molecular flexibility index (Phi) is 3.25. The Balaban J connectivity index is 3.55. The van der Waals surface area contributed by atoms with Crippen LogP contribution in [0.25, 0.3) is 0 Å². The molecule has 82 valence electrons. The lowest BCUT2D eigenvalue weighted by atomic mass is 10.1. The predicted octanol–water partition coefficient (Wildman–Crippen LogP) is 3.88. The molecule has 0 saturated heterocycles. The highest BCUT2D eigenvalue weighted by atomic mass is 35.5. The van der Waals surface area contributed by atoms with Crippen molar-refractivity contribution in [2.75, 3.05) is 0 Å². The summed E-state index contributed by atoms with van der Waals surface area (Å²) in [6.07, 6.45) is -4.86. The molecular formula is C8H2Cl2F4O. The predicted molar refractivity (Wildman–Crippen MR) is 46.6 cm³/mol. The first-order chi connectivity index (χ1) is 6.73. The first kappa shape index (κ1) is 12.3. The van der Waals surface area contributed by atoms with Gasteiger partial charge in [0.1, 0.15) is 5.82 Å². The van der Waals surface area contributed by atoms with Crippen molar-refractivity contribution in [3.8, 4) is 0 Å². The van der Waals surface area contributed by atoms with Crippen molar-refractivity contribution in [3.05, 3.63) is 34.1 Å². The third kappa shape index (κ3) is 2.60. The molecule has 0 aliphatic heterocycles. The number of hydrogen-bond donors (Lipinski definition) is 0. The molecule has 7 heteroatoms. The Bertz CT molecular complexity index is 414. The van der Waals surface area contributed by atoms with E-state index in [2.05, 4.69) is 0 Å². The van der Waals surface area contributed by atoms with Gasteiger partial charge in [0.15, 0.2) is 0 Å². The highest BCUT2D eigenvalue weighted by Crippen LogP contribution is 2.38. The lowest BCUT2D eigenvalue weighted by Crippen LogP contribution is -2.12. The van der Waals surface area contributed by atoms with E-state index in [-0.39, 0.29) is 0 Å². The lowest BCUT2D eigenvalue weighted by Gasteiger charge is -2.12. The molecule has 0 amide bonds. The number of halogens is 6. The highest BCUT2D eigenvalue weighted by molar-refractivity contribution is 6.68. The fourth-order valence-electron chi connectivity index (χ4n) is 1.02. The molecule has 0 unspecified atom stereocenters. The van der Waals surface area contributed by atoms with Gasteiger partial charge in [-0.05, 0) is 23.7 Å². The summed E-state index contributed by atoms with van der Waals surface area (Å²) in [5, 5.41) is -2.31. The summed E-state index contributed by atoms with van der Waals surface area (Å²) in [4.78, 5) is 10.7. The second-order valence-electron chi connectivity index (χ2n) is 2.58. The van der Waals surface area contributed by atoms with Crippen LogP contribution >= 0.6 is 23.2 Å². The van der Waals surface area contributed by atoms with E-state index in [9.17, 15) is 22.4 Å². The summed E-state index contributed by atoms with van der Waals surface area (Å²) in [5.74, 6) is -1.06. The molecule has 0 atom stereocenters. The molecule has 1 aromatic rings. The van der Waals surface area contributed by atoms with Gasteiger partial charge in [-0.15, -0.1) is 0 Å². The smallest absolute Gasteiger partial charge is 0.276 e. The van der Waals surface area contributed by atoms with Crippen molar-refractivity contribution < 1.29 is 22.4 Å². The van der Waals surface area contributed by atoms with E-state index >= 15 is 0 Å². The maximum absolute atomic E-state index is 12.7. The summed E-state index contributed by atoms with van der Waals surface area (Å²) in [6.45, 7) is 0. The number of rotatable bonds is 1. The molecule has 0 radical (unpaired) electrons. The van der Waals surface area contributed by atoms with Crippen LogP contribution in [0.3, 0.4) is 0 Å². The zero-order valence-corrected chi connectivity index (χ0v) is 8.34. The average molecular weight is 261 g/mol. The van der Waals surface area contributed by atoms with E-state index in [1.165, 1.54) is 0 Å². The van der Waals surface area contributed by atoms with Gasteiger partial charge >= 0.3 is 6.18 Å². The maximum atomic E-state index is 12.7. The van der Waals surface area contributed by atoms with Crippen LogP contribution in [0.4, 0.5) is 17.6 Å². The minimum absolute atomic E-state index is 0.393. The summed E-state index contributed by atoms with van der Waals surface area (Å²) in [6, 6.07) is 0.859. The number of carbonyl (C=O) groups is 1. The molecular weight excluding hydrogens is 259 g/mol. The van der Waals surface area contributed by atoms with E-state index in [0.29, 0.717) is 12.1 Å². The summed E-state index contributed by atoms with van der Waals surface area (Å²) < 4.78 is 49.8. The van der Waals surface area contributed by atoms with Gasteiger partial charge in [0, 0.05) is 0 Å². The molecule has 0 bridgehead atoms. The fraction of sp³-hybridized carbons (Fsp3) is 0.125. The third-order valence-corrected chi connectivity index (χ3v) is 2.05. The molecule has 0 spiro atoms. The quantitative estimate of drug-likeness (QED) is 0.553. The molecule has 1 aromatic carbocycles. The van der Waals surface area contributed by atoms with Crippen LogP contribution in [0.15, 0.2) is 12.1 Å². The van der Waals surface area contributed by atoms with Crippen molar-refractivity contribution in [2.45, 2.75) is 6.18 Å². The molecule has 1 nitrogen and oxygen atoms in total. The monoisotopic (exact) mass is 260 g/mol. The van der Waals surface area contributed by atoms with Gasteiger partial charge in [0.05, 0.1) is 16.1 Å². The molecule has 1 rings (SSSR count). The van der Waals surface area contributed by atoms with Crippen molar-refractivity contribution >= 4 is 28.4 Å². The Hall–Kier alpha value is -0.810. The Labute approximate surface area is 91.6 Å². The minimum atomic E-state index is -4.86. The second-order valence-corrected chi connectivity index (χ2v) is 3.33. The van der Waals surface area contributed by atoms with E-state index in [1.54, 1.807) is 0 Å². The molecule has 0 aliphatic carbocycles. The van der Waals surface area contributed by atoms with E-state index in [4.69, 9.17) is 23.2 Å². The van der Waals surface area contributed by atoms with Gasteiger partial charge in [-0.3, -0.25) is 4.79 Å². The molecule has 0 aromatic heterocycles. The lowest BCUT2D eigenvalue weighted by molar-refractivity contribution is -0.137. The van der Waals surface area contributed by atoms with Gasteiger partial charge in [-0.1, -0.05) is 11.6 Å². The average Bonchev–Trinajstić information content (AvgIpc) is 1.99. The molecule has 0 fully saturated rings. The van der Waals surface area contributed by atoms with Crippen molar-refractivity contribution in [1.82, 2.24) is 0 Å². The molecule has 0 aliphatic rings. The first-order valence-corrected chi connectivity index (χ1v) is 4.25. The zero-order chi connectivity index (χ0) is 11.8. The Morgan fingerprint density at radius 3 is 2.20 bits per heavy atom. The van der Waals surface area contributed by atoms with Gasteiger partial charge < -0.3 is 0 Å². The zero-order valence-electron chi connectivity index (χ0n) is 6.83. The molecule has 0 saturated carbocycles. The van der Waals surface area contributed by atoms with Gasteiger partial charge in [0.25, 0.3) is 5.24 Å². The maximum Gasteiger partial charge on any atom is 0.418 e. The number of carbonyl (C=O) groups excluding carboxylic acids is 1. The SMILES string of the molecule is O=C(Cl)c1cc(F)cc(Cl)c1C(F)(F)F. The molecule has 0 heterocycles.